The van der Waals surface area contributed by atoms with Gasteiger partial charge >= 0.3 is 0 Å². The first-order valence-electron chi connectivity index (χ1n) is 7.28. The zero-order valence-electron chi connectivity index (χ0n) is 11.2. The molecular weight excluding hydrogens is 240 g/mol. The van der Waals surface area contributed by atoms with E-state index < -0.39 is 0 Å². The molecule has 0 N–H and O–H groups in total. The summed E-state index contributed by atoms with van der Waals surface area (Å²) in [5.74, 6) is 0. The Morgan fingerprint density at radius 1 is 0.800 bits per heavy atom. The number of rotatable bonds is 0. The maximum Gasteiger partial charge on any atom is -0.00760 e. The second-order valence-electron chi connectivity index (χ2n) is 5.73. The van der Waals surface area contributed by atoms with Crippen LogP contribution in [0, 0.1) is 0 Å². The SMILES string of the molecule is C1=Cc2cc3c(ccc4ccccc43)c3c2C1=CCC3. The van der Waals surface area contributed by atoms with Gasteiger partial charge in [0.2, 0.25) is 0 Å². The first-order valence-corrected chi connectivity index (χ1v) is 7.28. The topological polar surface area (TPSA) is 0 Å². The summed E-state index contributed by atoms with van der Waals surface area (Å²) in [6.45, 7) is 0. The monoisotopic (exact) mass is 254 g/mol. The van der Waals surface area contributed by atoms with Crippen LogP contribution in [0.3, 0.4) is 0 Å². The zero-order chi connectivity index (χ0) is 13.1. The van der Waals surface area contributed by atoms with E-state index >= 15 is 0 Å². The Morgan fingerprint density at radius 3 is 2.75 bits per heavy atom. The average molecular weight is 254 g/mol. The number of hydrogen-bond donors (Lipinski definition) is 0. The summed E-state index contributed by atoms with van der Waals surface area (Å²) in [4.78, 5) is 0. The molecule has 0 saturated carbocycles. The van der Waals surface area contributed by atoms with Crippen LogP contribution < -0.4 is 0 Å². The third-order valence-corrected chi connectivity index (χ3v) is 4.68. The molecule has 20 heavy (non-hydrogen) atoms. The fourth-order valence-corrected chi connectivity index (χ4v) is 3.79. The molecule has 0 unspecified atom stereocenters. The Bertz CT molecular complexity index is 939. The van der Waals surface area contributed by atoms with Gasteiger partial charge in [-0.2, -0.15) is 0 Å². The second kappa shape index (κ2) is 3.61. The number of benzene rings is 3. The molecule has 0 atom stereocenters. The third kappa shape index (κ3) is 1.21. The molecule has 0 fully saturated rings. The molecule has 3 aromatic carbocycles. The summed E-state index contributed by atoms with van der Waals surface area (Å²) in [6, 6.07) is 15.7. The Kier molecular flexibility index (Phi) is 1.88. The summed E-state index contributed by atoms with van der Waals surface area (Å²) >= 11 is 0. The van der Waals surface area contributed by atoms with Crippen LogP contribution >= 0.6 is 0 Å². The Labute approximate surface area is 118 Å². The third-order valence-electron chi connectivity index (χ3n) is 4.68. The zero-order valence-corrected chi connectivity index (χ0v) is 11.2. The first kappa shape index (κ1) is 10.4. The molecule has 0 heteroatoms. The predicted octanol–water partition coefficient (Wildman–Crippen LogP) is 5.35. The van der Waals surface area contributed by atoms with Crippen LogP contribution in [-0.2, 0) is 6.42 Å². The van der Waals surface area contributed by atoms with Crippen LogP contribution in [0.1, 0.15) is 23.1 Å². The van der Waals surface area contributed by atoms with Crippen LogP contribution in [0.25, 0.3) is 33.2 Å². The molecule has 2 aliphatic carbocycles. The highest BCUT2D eigenvalue weighted by Crippen LogP contribution is 2.41. The predicted molar refractivity (Wildman–Crippen MR) is 86.8 cm³/mol. The standard InChI is InChI=1S/C20H14/c1-2-6-16-13(4-1)10-11-17-18-7-3-5-14-8-9-15(20(14)18)12-19(16)17/h1-2,4-6,8-12H,3,7H2. The minimum atomic E-state index is 1.16. The molecule has 5 rings (SSSR count). The molecule has 3 aromatic rings. The molecule has 0 heterocycles. The van der Waals surface area contributed by atoms with Gasteiger partial charge < -0.3 is 0 Å². The van der Waals surface area contributed by atoms with Crippen molar-refractivity contribution in [2.24, 2.45) is 0 Å². The van der Waals surface area contributed by atoms with Crippen LogP contribution in [0.2, 0.25) is 0 Å². The van der Waals surface area contributed by atoms with Crippen molar-refractivity contribution in [1.29, 1.82) is 0 Å². The van der Waals surface area contributed by atoms with Gasteiger partial charge in [0.15, 0.2) is 0 Å². The summed E-state index contributed by atoms with van der Waals surface area (Å²) in [5.41, 5.74) is 5.86. The number of allylic oxidation sites excluding steroid dienone is 3. The van der Waals surface area contributed by atoms with Gasteiger partial charge in [0.1, 0.15) is 0 Å². The molecule has 0 saturated heterocycles. The van der Waals surface area contributed by atoms with Gasteiger partial charge in [-0.05, 0) is 62.7 Å². The molecule has 0 aromatic heterocycles. The van der Waals surface area contributed by atoms with Crippen molar-refractivity contribution in [2.45, 2.75) is 12.8 Å². The minimum Gasteiger partial charge on any atom is -0.0763 e. The fraction of sp³-hybridized carbons (Fsp3) is 0.100. The fourth-order valence-electron chi connectivity index (χ4n) is 3.79. The van der Waals surface area contributed by atoms with Crippen LogP contribution in [0.4, 0.5) is 0 Å². The lowest BCUT2D eigenvalue weighted by molar-refractivity contribution is 0.992. The van der Waals surface area contributed by atoms with E-state index in [0.717, 1.165) is 6.42 Å². The van der Waals surface area contributed by atoms with E-state index in [1.54, 1.807) is 5.56 Å². The van der Waals surface area contributed by atoms with Crippen LogP contribution in [0.15, 0.2) is 54.6 Å². The van der Waals surface area contributed by atoms with E-state index in [1.807, 2.05) is 0 Å². The average Bonchev–Trinajstić information content (AvgIpc) is 2.92. The lowest BCUT2D eigenvalue weighted by atomic mass is 9.85. The van der Waals surface area contributed by atoms with E-state index in [9.17, 15) is 0 Å². The molecule has 0 aliphatic heterocycles. The van der Waals surface area contributed by atoms with Gasteiger partial charge in [-0.1, -0.05) is 54.6 Å². The minimum absolute atomic E-state index is 1.16. The number of hydrogen-bond acceptors (Lipinski definition) is 0. The molecule has 0 amide bonds. The van der Waals surface area contributed by atoms with E-state index in [2.05, 4.69) is 60.7 Å². The first-order chi connectivity index (χ1) is 9.92. The van der Waals surface area contributed by atoms with Crippen molar-refractivity contribution in [3.63, 3.8) is 0 Å². The van der Waals surface area contributed by atoms with Gasteiger partial charge in [0.25, 0.3) is 0 Å². The molecule has 2 aliphatic rings. The van der Waals surface area contributed by atoms with Gasteiger partial charge in [0.05, 0.1) is 0 Å². The summed E-state index contributed by atoms with van der Waals surface area (Å²) < 4.78 is 0. The van der Waals surface area contributed by atoms with E-state index in [1.165, 1.54) is 44.7 Å². The largest absolute Gasteiger partial charge is 0.0763 e. The second-order valence-corrected chi connectivity index (χ2v) is 5.73. The molecule has 0 spiro atoms. The maximum absolute atomic E-state index is 2.38. The van der Waals surface area contributed by atoms with Crippen molar-refractivity contribution in [2.75, 3.05) is 0 Å². The van der Waals surface area contributed by atoms with E-state index in [0.29, 0.717) is 0 Å². The van der Waals surface area contributed by atoms with Crippen molar-refractivity contribution < 1.29 is 0 Å². The molecule has 94 valence electrons. The number of aryl methyl sites for hydroxylation is 1. The maximum atomic E-state index is 2.38. The molecule has 0 nitrogen and oxygen atoms in total. The quantitative estimate of drug-likeness (QED) is 0.474. The Hall–Kier alpha value is -2.34. The highest BCUT2D eigenvalue weighted by atomic mass is 14.2. The highest BCUT2D eigenvalue weighted by Gasteiger charge is 2.21. The summed E-state index contributed by atoms with van der Waals surface area (Å²) in [7, 11) is 0. The van der Waals surface area contributed by atoms with Crippen molar-refractivity contribution in [1.82, 2.24) is 0 Å². The van der Waals surface area contributed by atoms with Crippen LogP contribution in [-0.4, -0.2) is 0 Å². The molecule has 0 radical (unpaired) electrons. The van der Waals surface area contributed by atoms with Crippen LogP contribution in [0.5, 0.6) is 0 Å². The van der Waals surface area contributed by atoms with Crippen molar-refractivity contribution >= 4 is 33.2 Å². The Balaban J connectivity index is 2.03. The van der Waals surface area contributed by atoms with Gasteiger partial charge in [-0.15, -0.1) is 0 Å². The number of fused-ring (bicyclic) bond motifs is 4. The van der Waals surface area contributed by atoms with Crippen molar-refractivity contribution in [3.05, 3.63) is 71.3 Å². The summed E-state index contributed by atoms with van der Waals surface area (Å²) in [6.07, 6.45) is 9.26. The van der Waals surface area contributed by atoms with E-state index in [4.69, 9.17) is 0 Å². The van der Waals surface area contributed by atoms with Gasteiger partial charge in [-0.3, -0.25) is 0 Å². The summed E-state index contributed by atoms with van der Waals surface area (Å²) in [5, 5.41) is 5.56. The lowest BCUT2D eigenvalue weighted by Crippen LogP contribution is -2.00. The smallest absolute Gasteiger partial charge is 0.00760 e. The van der Waals surface area contributed by atoms with E-state index in [-0.39, 0.29) is 0 Å². The normalized spacial score (nSPS) is 15.7. The molecular formula is C20H14. The van der Waals surface area contributed by atoms with Gasteiger partial charge in [0, 0.05) is 0 Å². The molecule has 0 bridgehead atoms. The lowest BCUT2D eigenvalue weighted by Gasteiger charge is -2.18. The Morgan fingerprint density at radius 2 is 1.75 bits per heavy atom. The van der Waals surface area contributed by atoms with Gasteiger partial charge in [-0.25, -0.2) is 0 Å². The highest BCUT2D eigenvalue weighted by molar-refractivity contribution is 6.12. The van der Waals surface area contributed by atoms with Crippen molar-refractivity contribution in [3.8, 4) is 0 Å².